The van der Waals surface area contributed by atoms with Crippen LogP contribution in [0.1, 0.15) is 20.7 Å². The summed E-state index contributed by atoms with van der Waals surface area (Å²) in [7, 11) is 0. The Morgan fingerprint density at radius 1 is 0.769 bits per heavy atom. The zero-order valence-electron chi connectivity index (χ0n) is 13.8. The second-order valence-corrected chi connectivity index (χ2v) is 5.98. The van der Waals surface area contributed by atoms with E-state index in [2.05, 4.69) is 4.98 Å². The predicted molar refractivity (Wildman–Crippen MR) is 95.7 cm³/mol. The van der Waals surface area contributed by atoms with Gasteiger partial charge in [0, 0.05) is 24.7 Å². The van der Waals surface area contributed by atoms with Crippen LogP contribution in [0.4, 0.5) is 0 Å². The van der Waals surface area contributed by atoms with Gasteiger partial charge in [0.2, 0.25) is 0 Å². The fourth-order valence-electron chi connectivity index (χ4n) is 3.01. The van der Waals surface area contributed by atoms with Crippen LogP contribution in [0.5, 0.6) is 0 Å². The topological polar surface area (TPSA) is 72.3 Å². The van der Waals surface area contributed by atoms with Crippen LogP contribution in [0, 0.1) is 0 Å². The van der Waals surface area contributed by atoms with Crippen LogP contribution in [-0.4, -0.2) is 32.8 Å². The van der Waals surface area contributed by atoms with Crippen molar-refractivity contribution >= 4 is 11.8 Å². The zero-order chi connectivity index (χ0) is 18.1. The maximum Gasteiger partial charge on any atom is 0.261 e. The van der Waals surface area contributed by atoms with Gasteiger partial charge in [-0.3, -0.25) is 23.9 Å². The van der Waals surface area contributed by atoms with Crippen molar-refractivity contribution in [3.63, 3.8) is 0 Å². The summed E-state index contributed by atoms with van der Waals surface area (Å²) in [6, 6.07) is 17.6. The van der Waals surface area contributed by atoms with E-state index < -0.39 is 0 Å². The highest BCUT2D eigenvalue weighted by atomic mass is 16.2. The third-order valence-corrected chi connectivity index (χ3v) is 4.39. The summed E-state index contributed by atoms with van der Waals surface area (Å²) in [5.41, 5.74) is 2.03. The van der Waals surface area contributed by atoms with Gasteiger partial charge in [-0.2, -0.15) is 0 Å². The van der Waals surface area contributed by atoms with Crippen molar-refractivity contribution in [1.82, 2.24) is 14.5 Å². The number of benzene rings is 2. The number of hydrogen-bond acceptors (Lipinski definition) is 4. The van der Waals surface area contributed by atoms with Gasteiger partial charge in [-0.25, -0.2) is 4.98 Å². The lowest BCUT2D eigenvalue weighted by Gasteiger charge is -2.14. The van der Waals surface area contributed by atoms with Crippen LogP contribution in [0.15, 0.2) is 71.8 Å². The van der Waals surface area contributed by atoms with E-state index in [9.17, 15) is 14.4 Å². The molecule has 3 aromatic rings. The van der Waals surface area contributed by atoms with Gasteiger partial charge in [0.25, 0.3) is 17.4 Å². The number of carbonyl (C=O) groups is 2. The van der Waals surface area contributed by atoms with Crippen molar-refractivity contribution in [3.8, 4) is 11.3 Å². The van der Waals surface area contributed by atoms with E-state index in [-0.39, 0.29) is 30.5 Å². The molecule has 2 heterocycles. The Bertz CT molecular complexity index is 1020. The Hall–Kier alpha value is -3.54. The second-order valence-electron chi connectivity index (χ2n) is 5.98. The predicted octanol–water partition coefficient (Wildman–Crippen LogP) is 2.21. The summed E-state index contributed by atoms with van der Waals surface area (Å²) in [6.45, 7) is 0.324. The summed E-state index contributed by atoms with van der Waals surface area (Å²) in [5, 5.41) is 0. The molecule has 0 atom stereocenters. The van der Waals surface area contributed by atoms with Gasteiger partial charge < -0.3 is 0 Å². The molecule has 0 unspecified atom stereocenters. The van der Waals surface area contributed by atoms with Crippen molar-refractivity contribution in [1.29, 1.82) is 0 Å². The fraction of sp³-hybridized carbons (Fsp3) is 0.100. The molecule has 4 rings (SSSR count). The van der Waals surface area contributed by atoms with Crippen molar-refractivity contribution in [2.75, 3.05) is 6.54 Å². The number of aromatic nitrogens is 2. The Kier molecular flexibility index (Phi) is 3.93. The van der Waals surface area contributed by atoms with E-state index in [1.165, 1.54) is 21.9 Å². The average Bonchev–Trinajstić information content (AvgIpc) is 2.92. The molecule has 0 N–H and O–H groups in total. The molecule has 0 spiro atoms. The monoisotopic (exact) mass is 345 g/mol. The van der Waals surface area contributed by atoms with E-state index in [4.69, 9.17) is 0 Å². The summed E-state index contributed by atoms with van der Waals surface area (Å²) in [6.07, 6.45) is 1.45. The lowest BCUT2D eigenvalue weighted by atomic mass is 10.1. The van der Waals surface area contributed by atoms with Crippen LogP contribution in [-0.2, 0) is 6.54 Å². The van der Waals surface area contributed by atoms with Crippen LogP contribution in [0.3, 0.4) is 0 Å². The Morgan fingerprint density at radius 3 is 2.00 bits per heavy atom. The highest BCUT2D eigenvalue weighted by Crippen LogP contribution is 2.22. The first kappa shape index (κ1) is 16.0. The van der Waals surface area contributed by atoms with Crippen molar-refractivity contribution in [2.45, 2.75) is 6.54 Å². The molecule has 0 aliphatic carbocycles. The Morgan fingerprint density at radius 2 is 1.38 bits per heavy atom. The molecule has 1 aliphatic heterocycles. The molecule has 26 heavy (non-hydrogen) atoms. The molecule has 1 aliphatic rings. The van der Waals surface area contributed by atoms with Crippen LogP contribution >= 0.6 is 0 Å². The SMILES string of the molecule is O=C1c2ccccc2C(=O)N1CCn1cnc(-c2ccccc2)cc1=O. The number of hydrogen-bond donors (Lipinski definition) is 0. The maximum atomic E-state index is 12.4. The lowest BCUT2D eigenvalue weighted by molar-refractivity contribution is 0.0648. The minimum absolute atomic E-state index is 0.124. The van der Waals surface area contributed by atoms with E-state index in [1.807, 2.05) is 30.3 Å². The summed E-state index contributed by atoms with van der Waals surface area (Å²) in [4.78, 5) is 42.5. The van der Waals surface area contributed by atoms with Gasteiger partial charge in [0.1, 0.15) is 0 Å². The van der Waals surface area contributed by atoms with Crippen LogP contribution < -0.4 is 5.56 Å². The summed E-state index contributed by atoms with van der Waals surface area (Å²) < 4.78 is 1.40. The molecule has 2 amide bonds. The molecular weight excluding hydrogens is 330 g/mol. The van der Waals surface area contributed by atoms with Crippen molar-refractivity contribution < 1.29 is 9.59 Å². The molecule has 0 bridgehead atoms. The van der Waals surface area contributed by atoms with Crippen molar-refractivity contribution in [2.24, 2.45) is 0 Å². The smallest absolute Gasteiger partial charge is 0.261 e. The third kappa shape index (κ3) is 2.71. The number of amides is 2. The first-order valence-corrected chi connectivity index (χ1v) is 8.22. The Balaban J connectivity index is 1.52. The van der Waals surface area contributed by atoms with E-state index >= 15 is 0 Å². The van der Waals surface area contributed by atoms with Crippen LogP contribution in [0.25, 0.3) is 11.3 Å². The van der Waals surface area contributed by atoms with Gasteiger partial charge in [0.15, 0.2) is 0 Å². The summed E-state index contributed by atoms with van der Waals surface area (Å²) in [5.74, 6) is -0.653. The minimum Gasteiger partial charge on any atom is -0.297 e. The molecule has 6 nitrogen and oxygen atoms in total. The molecule has 2 aromatic carbocycles. The molecule has 0 fully saturated rings. The van der Waals surface area contributed by atoms with E-state index in [1.54, 1.807) is 24.3 Å². The first-order chi connectivity index (χ1) is 12.6. The van der Waals surface area contributed by atoms with E-state index in [0.29, 0.717) is 16.8 Å². The zero-order valence-corrected chi connectivity index (χ0v) is 13.8. The van der Waals surface area contributed by atoms with Gasteiger partial charge in [-0.1, -0.05) is 42.5 Å². The molecule has 0 saturated carbocycles. The lowest BCUT2D eigenvalue weighted by Crippen LogP contribution is -2.35. The number of carbonyl (C=O) groups excluding carboxylic acids is 2. The average molecular weight is 345 g/mol. The van der Waals surface area contributed by atoms with E-state index in [0.717, 1.165) is 5.56 Å². The highest BCUT2D eigenvalue weighted by Gasteiger charge is 2.34. The second kappa shape index (κ2) is 6.40. The first-order valence-electron chi connectivity index (χ1n) is 8.22. The largest absolute Gasteiger partial charge is 0.297 e. The van der Waals surface area contributed by atoms with Crippen molar-refractivity contribution in [3.05, 3.63) is 88.5 Å². The van der Waals surface area contributed by atoms with Gasteiger partial charge in [-0.15, -0.1) is 0 Å². The van der Waals surface area contributed by atoms with Gasteiger partial charge >= 0.3 is 0 Å². The molecule has 0 radical (unpaired) electrons. The quantitative estimate of drug-likeness (QED) is 0.680. The molecule has 0 saturated heterocycles. The molecule has 1 aromatic heterocycles. The van der Waals surface area contributed by atoms with Gasteiger partial charge in [0.05, 0.1) is 23.1 Å². The summed E-state index contributed by atoms with van der Waals surface area (Å²) >= 11 is 0. The number of imide groups is 1. The maximum absolute atomic E-state index is 12.4. The third-order valence-electron chi connectivity index (χ3n) is 4.39. The minimum atomic E-state index is -0.326. The molecular formula is C20H15N3O3. The highest BCUT2D eigenvalue weighted by molar-refractivity contribution is 6.21. The molecule has 128 valence electrons. The number of rotatable bonds is 4. The fourth-order valence-corrected chi connectivity index (χ4v) is 3.01. The Labute approximate surface area is 149 Å². The number of nitrogens with zero attached hydrogens (tertiary/aromatic N) is 3. The molecule has 6 heteroatoms. The number of fused-ring (bicyclic) bond motifs is 1. The van der Waals surface area contributed by atoms with Gasteiger partial charge in [-0.05, 0) is 12.1 Å². The van der Waals surface area contributed by atoms with Crippen LogP contribution in [0.2, 0.25) is 0 Å². The normalized spacial score (nSPS) is 13.2. The standard InChI is InChI=1S/C20H15N3O3/c24-18-12-17(14-6-2-1-3-7-14)21-13-22(18)10-11-23-19(25)15-8-4-5-9-16(15)20(23)26/h1-9,12-13H,10-11H2.